The molecule has 0 saturated carbocycles. The quantitative estimate of drug-likeness (QED) is 0.358. The molecule has 0 spiro atoms. The molecule has 5 heteroatoms. The van der Waals surface area contributed by atoms with Gasteiger partial charge < -0.3 is 0 Å². The van der Waals surface area contributed by atoms with Crippen molar-refractivity contribution < 1.29 is 13.0 Å². The number of hydrogen-bond donors (Lipinski definition) is 1. The van der Waals surface area contributed by atoms with E-state index in [1.165, 1.54) is 44.9 Å². The number of hydrogen-bond acceptors (Lipinski definition) is 2. The van der Waals surface area contributed by atoms with Crippen LogP contribution >= 0.6 is 0 Å². The SMILES string of the molecule is CCCCCCCCCCCCS(=O)(=O)O.[NaH]. The van der Waals surface area contributed by atoms with E-state index in [9.17, 15) is 8.42 Å². The fourth-order valence-corrected chi connectivity index (χ4v) is 2.34. The van der Waals surface area contributed by atoms with Gasteiger partial charge in [-0.15, -0.1) is 0 Å². The Bertz CT molecular complexity index is 240. The molecule has 0 rings (SSSR count). The van der Waals surface area contributed by atoms with Crippen molar-refractivity contribution in [1.29, 1.82) is 0 Å². The fraction of sp³-hybridized carbons (Fsp3) is 1.00. The van der Waals surface area contributed by atoms with E-state index in [-0.39, 0.29) is 35.3 Å². The summed E-state index contributed by atoms with van der Waals surface area (Å²) >= 11 is 0. The van der Waals surface area contributed by atoms with E-state index in [4.69, 9.17) is 4.55 Å². The Labute approximate surface area is 129 Å². The molecule has 0 aromatic carbocycles. The molecule has 0 aliphatic rings. The number of rotatable bonds is 11. The summed E-state index contributed by atoms with van der Waals surface area (Å²) in [4.78, 5) is 0. The first-order valence-corrected chi connectivity index (χ1v) is 8.12. The van der Waals surface area contributed by atoms with E-state index in [0.29, 0.717) is 6.42 Å². The summed E-state index contributed by atoms with van der Waals surface area (Å²) in [6.07, 6.45) is 11.7. The second kappa shape index (κ2) is 13.3. The van der Waals surface area contributed by atoms with Gasteiger partial charge in [-0.1, -0.05) is 64.7 Å². The van der Waals surface area contributed by atoms with Crippen LogP contribution in [0.5, 0.6) is 0 Å². The molecule has 3 nitrogen and oxygen atoms in total. The average molecular weight is 274 g/mol. The van der Waals surface area contributed by atoms with E-state index >= 15 is 0 Å². The van der Waals surface area contributed by atoms with Crippen molar-refractivity contribution in [3.8, 4) is 0 Å². The normalized spacial score (nSPS) is 11.2. The van der Waals surface area contributed by atoms with Gasteiger partial charge in [0.15, 0.2) is 0 Å². The van der Waals surface area contributed by atoms with E-state index < -0.39 is 10.1 Å². The number of unbranched alkanes of at least 4 members (excludes halogenated alkanes) is 9. The molecule has 0 aliphatic carbocycles. The molecule has 1 N–H and O–H groups in total. The molecule has 100 valence electrons. The Morgan fingerprint density at radius 3 is 1.47 bits per heavy atom. The third kappa shape index (κ3) is 19.4. The van der Waals surface area contributed by atoms with Crippen molar-refractivity contribution in [2.45, 2.75) is 71.1 Å². The van der Waals surface area contributed by atoms with E-state index in [0.717, 1.165) is 12.8 Å². The summed E-state index contributed by atoms with van der Waals surface area (Å²) in [5, 5.41) is 0. The third-order valence-corrected chi connectivity index (χ3v) is 3.56. The Kier molecular flexibility index (Phi) is 15.9. The van der Waals surface area contributed by atoms with Gasteiger partial charge >= 0.3 is 29.6 Å². The third-order valence-electron chi connectivity index (χ3n) is 2.76. The molecule has 17 heavy (non-hydrogen) atoms. The monoisotopic (exact) mass is 274 g/mol. The van der Waals surface area contributed by atoms with Crippen molar-refractivity contribution in [2.75, 3.05) is 5.75 Å². The van der Waals surface area contributed by atoms with Crippen LogP contribution in [0.4, 0.5) is 0 Å². The fourth-order valence-electron chi connectivity index (χ4n) is 1.77. The average Bonchev–Trinajstić information content (AvgIpc) is 2.19. The molecule has 0 saturated heterocycles. The predicted octanol–water partition coefficient (Wildman–Crippen LogP) is 3.15. The maximum absolute atomic E-state index is 10.4. The summed E-state index contributed by atoms with van der Waals surface area (Å²) in [6, 6.07) is 0. The second-order valence-corrected chi connectivity index (χ2v) is 6.04. The van der Waals surface area contributed by atoms with E-state index in [1.807, 2.05) is 0 Å². The van der Waals surface area contributed by atoms with Crippen molar-refractivity contribution in [2.24, 2.45) is 0 Å². The van der Waals surface area contributed by atoms with Crippen LogP contribution in [0.1, 0.15) is 71.1 Å². The van der Waals surface area contributed by atoms with Crippen LogP contribution in [0.3, 0.4) is 0 Å². The Balaban J connectivity index is 0. The summed E-state index contributed by atoms with van der Waals surface area (Å²) in [5.41, 5.74) is 0. The van der Waals surface area contributed by atoms with Crippen LogP contribution in [-0.4, -0.2) is 48.3 Å². The first-order valence-electron chi connectivity index (χ1n) is 6.51. The van der Waals surface area contributed by atoms with Crippen molar-refractivity contribution in [3.05, 3.63) is 0 Å². The molecule has 0 fully saturated rings. The zero-order chi connectivity index (χ0) is 12.3. The minimum absolute atomic E-state index is 0. The first-order chi connectivity index (χ1) is 7.56. The van der Waals surface area contributed by atoms with Gasteiger partial charge in [0.1, 0.15) is 0 Å². The van der Waals surface area contributed by atoms with Crippen LogP contribution in [0, 0.1) is 0 Å². The predicted molar refractivity (Wildman–Crippen MR) is 75.4 cm³/mol. The van der Waals surface area contributed by atoms with E-state index in [2.05, 4.69) is 6.92 Å². The molecule has 0 aromatic heterocycles. The molecule has 0 bridgehead atoms. The summed E-state index contributed by atoms with van der Waals surface area (Å²) < 4.78 is 29.4. The first kappa shape index (κ1) is 20.2. The molecule has 0 unspecified atom stereocenters. The molecule has 0 radical (unpaired) electrons. The summed E-state index contributed by atoms with van der Waals surface area (Å²) in [5.74, 6) is -0.0799. The standard InChI is InChI=1S/C12H26O3S.Na.H/c1-2-3-4-5-6-7-8-9-10-11-12-16(13,14)15;;/h2-12H2,1H3,(H,13,14,15);;. The molecule has 0 atom stereocenters. The van der Waals surface area contributed by atoms with Crippen LogP contribution in [0.2, 0.25) is 0 Å². The van der Waals surface area contributed by atoms with Gasteiger partial charge in [-0.05, 0) is 6.42 Å². The van der Waals surface area contributed by atoms with Crippen LogP contribution in [0.25, 0.3) is 0 Å². The van der Waals surface area contributed by atoms with Gasteiger partial charge in [-0.3, -0.25) is 4.55 Å². The maximum atomic E-state index is 10.4. The van der Waals surface area contributed by atoms with Gasteiger partial charge in [-0.2, -0.15) is 8.42 Å². The van der Waals surface area contributed by atoms with Crippen LogP contribution < -0.4 is 0 Å². The van der Waals surface area contributed by atoms with E-state index in [1.54, 1.807) is 0 Å². The van der Waals surface area contributed by atoms with Gasteiger partial charge in [0, 0.05) is 0 Å². The summed E-state index contributed by atoms with van der Waals surface area (Å²) in [7, 11) is -3.73. The van der Waals surface area contributed by atoms with Crippen LogP contribution in [-0.2, 0) is 10.1 Å². The van der Waals surface area contributed by atoms with Gasteiger partial charge in [0.25, 0.3) is 10.1 Å². The van der Waals surface area contributed by atoms with Gasteiger partial charge in [-0.25, -0.2) is 0 Å². The zero-order valence-corrected chi connectivity index (χ0v) is 11.3. The Morgan fingerprint density at radius 1 is 0.765 bits per heavy atom. The second-order valence-electron chi connectivity index (χ2n) is 4.47. The van der Waals surface area contributed by atoms with Crippen LogP contribution in [0.15, 0.2) is 0 Å². The Morgan fingerprint density at radius 2 is 1.12 bits per heavy atom. The molecule has 0 aliphatic heterocycles. The van der Waals surface area contributed by atoms with Gasteiger partial charge in [0.2, 0.25) is 0 Å². The van der Waals surface area contributed by atoms with Crippen molar-refractivity contribution in [3.63, 3.8) is 0 Å². The zero-order valence-electron chi connectivity index (χ0n) is 10.5. The molecule has 0 heterocycles. The molecular formula is C12H27NaO3S. The topological polar surface area (TPSA) is 54.4 Å². The van der Waals surface area contributed by atoms with Crippen molar-refractivity contribution in [1.82, 2.24) is 0 Å². The minimum atomic E-state index is -3.73. The Hall–Kier alpha value is 0.910. The van der Waals surface area contributed by atoms with Crippen molar-refractivity contribution >= 4 is 39.7 Å². The summed E-state index contributed by atoms with van der Waals surface area (Å²) in [6.45, 7) is 2.22. The van der Waals surface area contributed by atoms with Gasteiger partial charge in [0.05, 0.1) is 5.75 Å². The molecule has 0 amide bonds. The molecular weight excluding hydrogens is 247 g/mol. The molecule has 0 aromatic rings.